The van der Waals surface area contributed by atoms with E-state index in [9.17, 15) is 10.2 Å². The van der Waals surface area contributed by atoms with E-state index in [1.807, 2.05) is 24.3 Å². The second-order valence-electron chi connectivity index (χ2n) is 8.27. The fourth-order valence-corrected chi connectivity index (χ4v) is 4.82. The Hall–Kier alpha value is -2.51. The lowest BCUT2D eigenvalue weighted by molar-refractivity contribution is 0.174. The zero-order valence-corrected chi connectivity index (χ0v) is 17.5. The van der Waals surface area contributed by atoms with Crippen molar-refractivity contribution in [2.45, 2.75) is 24.9 Å². The number of likely N-dealkylation sites (tertiary alicyclic amines) is 1. The molecule has 1 saturated heterocycles. The van der Waals surface area contributed by atoms with Crippen LogP contribution in [0.25, 0.3) is 0 Å². The number of nitrogens with zero attached hydrogens (tertiary/aromatic N) is 2. The van der Waals surface area contributed by atoms with Gasteiger partial charge >= 0.3 is 0 Å². The molecule has 1 aliphatic heterocycles. The van der Waals surface area contributed by atoms with Crippen LogP contribution >= 0.6 is 0 Å². The maximum atomic E-state index is 9.92. The molecule has 1 aliphatic carbocycles. The molecule has 4 atom stereocenters. The minimum atomic E-state index is -0.107. The lowest BCUT2D eigenvalue weighted by atomic mass is 10.0. The van der Waals surface area contributed by atoms with E-state index in [-0.39, 0.29) is 30.3 Å². The second kappa shape index (κ2) is 9.10. The number of rotatable bonds is 8. The Balaban J connectivity index is 1.31. The summed E-state index contributed by atoms with van der Waals surface area (Å²) >= 11 is 0. The first kappa shape index (κ1) is 20.8. The molecule has 2 unspecified atom stereocenters. The second-order valence-corrected chi connectivity index (χ2v) is 8.27. The fraction of sp³-hybridized carbons (Fsp3) is 0.522. The van der Waals surface area contributed by atoms with Gasteiger partial charge in [-0.15, -0.1) is 0 Å². The molecule has 1 saturated carbocycles. The molecule has 2 fully saturated rings. The number of hydrogen-bond acceptors (Lipinski definition) is 7. The van der Waals surface area contributed by atoms with E-state index in [1.54, 1.807) is 19.2 Å². The Kier molecular flexibility index (Phi) is 6.29. The normalized spacial score (nSPS) is 24.4. The van der Waals surface area contributed by atoms with Crippen LogP contribution in [0.5, 0.6) is 23.1 Å². The van der Waals surface area contributed by atoms with Crippen LogP contribution in [0.3, 0.4) is 0 Å². The van der Waals surface area contributed by atoms with Crippen LogP contribution in [0.2, 0.25) is 0 Å². The largest absolute Gasteiger partial charge is 0.503 e. The van der Waals surface area contributed by atoms with E-state index in [1.165, 1.54) is 7.11 Å². The number of hydrogen-bond donors (Lipinski definition) is 2. The van der Waals surface area contributed by atoms with Crippen LogP contribution in [0, 0.1) is 11.8 Å². The average molecular weight is 415 g/mol. The van der Waals surface area contributed by atoms with Crippen molar-refractivity contribution in [3.05, 3.63) is 42.1 Å². The van der Waals surface area contributed by atoms with E-state index in [0.717, 1.165) is 49.7 Å². The number of aromatic nitrogens is 1. The number of aliphatic hydroxyl groups is 1. The van der Waals surface area contributed by atoms with Crippen LogP contribution in [0.4, 0.5) is 0 Å². The third-order valence-corrected chi connectivity index (χ3v) is 6.32. The number of benzene rings is 1. The number of pyridine rings is 1. The highest BCUT2D eigenvalue weighted by Crippen LogP contribution is 2.40. The summed E-state index contributed by atoms with van der Waals surface area (Å²) in [7, 11) is 3.14. The van der Waals surface area contributed by atoms with Gasteiger partial charge in [0.2, 0.25) is 0 Å². The molecular weight excluding hydrogens is 384 g/mol. The highest BCUT2D eigenvalue weighted by molar-refractivity contribution is 5.34. The SMILES string of the molecule is COc1ccc(OC2C[C@@H]3CN(CC(CO)c4ccc(O)c(OC)n4)C[C@@H]3C2)cc1. The van der Waals surface area contributed by atoms with Crippen molar-refractivity contribution in [2.75, 3.05) is 40.5 Å². The standard InChI is InChI=1S/C23H30N2O5/c1-28-18-3-5-19(6-4-18)30-20-9-15-11-25(12-16(15)10-20)13-17(14-26)21-7-8-22(27)23(24-21)29-2/h3-8,15-17,20,26-27H,9-14H2,1-2H3/t15-,16+,17?,20?. The summed E-state index contributed by atoms with van der Waals surface area (Å²) in [6.45, 7) is 2.78. The molecule has 162 valence electrons. The fourth-order valence-electron chi connectivity index (χ4n) is 4.82. The van der Waals surface area contributed by atoms with Gasteiger partial charge in [-0.2, -0.15) is 0 Å². The lowest BCUT2D eigenvalue weighted by Crippen LogP contribution is -2.30. The molecule has 2 aliphatic rings. The quantitative estimate of drug-likeness (QED) is 0.687. The molecule has 0 radical (unpaired) electrons. The highest BCUT2D eigenvalue weighted by atomic mass is 16.5. The summed E-state index contributed by atoms with van der Waals surface area (Å²) in [5.41, 5.74) is 0.741. The van der Waals surface area contributed by atoms with Crippen molar-refractivity contribution < 1.29 is 24.4 Å². The first-order valence-corrected chi connectivity index (χ1v) is 10.5. The molecule has 7 heteroatoms. The van der Waals surface area contributed by atoms with Gasteiger partial charge < -0.3 is 29.3 Å². The van der Waals surface area contributed by atoms with E-state index < -0.39 is 0 Å². The molecule has 0 amide bonds. The summed E-state index contributed by atoms with van der Waals surface area (Å²) in [5.74, 6) is 3.07. The Morgan fingerprint density at radius 2 is 1.67 bits per heavy atom. The monoisotopic (exact) mass is 414 g/mol. The predicted molar refractivity (Wildman–Crippen MR) is 112 cm³/mol. The predicted octanol–water partition coefficient (Wildman–Crippen LogP) is 2.67. The van der Waals surface area contributed by atoms with E-state index in [4.69, 9.17) is 14.2 Å². The Morgan fingerprint density at radius 1 is 1.00 bits per heavy atom. The summed E-state index contributed by atoms with van der Waals surface area (Å²) in [6, 6.07) is 11.1. The van der Waals surface area contributed by atoms with Gasteiger partial charge in [-0.25, -0.2) is 4.98 Å². The molecule has 2 aromatic rings. The summed E-state index contributed by atoms with van der Waals surface area (Å²) in [5, 5.41) is 19.7. The highest BCUT2D eigenvalue weighted by Gasteiger charge is 2.42. The van der Waals surface area contributed by atoms with Gasteiger partial charge in [-0.3, -0.25) is 0 Å². The molecule has 2 heterocycles. The topological polar surface area (TPSA) is 84.3 Å². The van der Waals surface area contributed by atoms with Crippen LogP contribution < -0.4 is 14.2 Å². The molecule has 0 bridgehead atoms. The Morgan fingerprint density at radius 3 is 2.27 bits per heavy atom. The molecule has 4 rings (SSSR count). The van der Waals surface area contributed by atoms with Gasteiger partial charge in [0.1, 0.15) is 11.5 Å². The van der Waals surface area contributed by atoms with Gasteiger partial charge in [0.25, 0.3) is 5.88 Å². The van der Waals surface area contributed by atoms with Gasteiger partial charge in [-0.1, -0.05) is 0 Å². The van der Waals surface area contributed by atoms with Gasteiger partial charge in [0.15, 0.2) is 5.75 Å². The molecule has 1 aromatic heterocycles. The Bertz CT molecular complexity index is 830. The van der Waals surface area contributed by atoms with Crippen molar-refractivity contribution in [3.8, 4) is 23.1 Å². The lowest BCUT2D eigenvalue weighted by Gasteiger charge is -2.24. The number of methoxy groups -OCH3 is 2. The molecule has 2 N–H and O–H groups in total. The van der Waals surface area contributed by atoms with E-state index in [0.29, 0.717) is 11.8 Å². The number of aliphatic hydroxyl groups excluding tert-OH is 1. The van der Waals surface area contributed by atoms with E-state index in [2.05, 4.69) is 9.88 Å². The molecule has 0 spiro atoms. The van der Waals surface area contributed by atoms with Crippen molar-refractivity contribution in [3.63, 3.8) is 0 Å². The van der Waals surface area contributed by atoms with E-state index >= 15 is 0 Å². The zero-order valence-electron chi connectivity index (χ0n) is 17.5. The number of fused-ring (bicyclic) bond motifs is 1. The van der Waals surface area contributed by atoms with Crippen molar-refractivity contribution in [1.29, 1.82) is 0 Å². The third-order valence-electron chi connectivity index (χ3n) is 6.32. The minimum Gasteiger partial charge on any atom is -0.503 e. The van der Waals surface area contributed by atoms with Crippen LogP contribution in [-0.2, 0) is 0 Å². The molecular formula is C23H30N2O5. The zero-order chi connectivity index (χ0) is 21.1. The van der Waals surface area contributed by atoms with Crippen LogP contribution in [0.15, 0.2) is 36.4 Å². The smallest absolute Gasteiger partial charge is 0.256 e. The average Bonchev–Trinajstić information content (AvgIpc) is 3.31. The van der Waals surface area contributed by atoms with Crippen LogP contribution in [0.1, 0.15) is 24.5 Å². The number of aromatic hydroxyl groups is 1. The first-order chi connectivity index (χ1) is 14.6. The van der Waals surface area contributed by atoms with Gasteiger partial charge in [0.05, 0.1) is 32.6 Å². The minimum absolute atomic E-state index is 0.00989. The third kappa shape index (κ3) is 4.47. The van der Waals surface area contributed by atoms with Gasteiger partial charge in [-0.05, 0) is 61.1 Å². The maximum Gasteiger partial charge on any atom is 0.256 e. The van der Waals surface area contributed by atoms with Gasteiger partial charge in [0, 0.05) is 25.6 Å². The summed E-state index contributed by atoms with van der Waals surface area (Å²) in [6.07, 6.45) is 2.37. The molecule has 7 nitrogen and oxygen atoms in total. The molecule has 1 aromatic carbocycles. The molecule has 30 heavy (non-hydrogen) atoms. The first-order valence-electron chi connectivity index (χ1n) is 10.5. The maximum absolute atomic E-state index is 9.92. The van der Waals surface area contributed by atoms with Crippen molar-refractivity contribution >= 4 is 0 Å². The summed E-state index contributed by atoms with van der Waals surface area (Å²) in [4.78, 5) is 6.78. The van der Waals surface area contributed by atoms with Crippen molar-refractivity contribution in [2.24, 2.45) is 11.8 Å². The van der Waals surface area contributed by atoms with Crippen molar-refractivity contribution in [1.82, 2.24) is 9.88 Å². The van der Waals surface area contributed by atoms with Crippen LogP contribution in [-0.4, -0.2) is 66.7 Å². The summed E-state index contributed by atoms with van der Waals surface area (Å²) < 4.78 is 16.5. The Labute approximate surface area is 177 Å². The number of ether oxygens (including phenoxy) is 3.